The summed E-state index contributed by atoms with van der Waals surface area (Å²) in [4.78, 5) is 4.51. The van der Waals surface area contributed by atoms with E-state index in [-0.39, 0.29) is 0 Å². The standard InChI is InChI=1S/C17H20N2O/c1-12-4-3-5-16(19-12)11-18-13(2)14-6-7-17-15(10-14)8-9-20-17/h3-7,10,13,18H,8-9,11H2,1-2H3. The van der Waals surface area contributed by atoms with Crippen molar-refractivity contribution in [2.24, 2.45) is 0 Å². The molecule has 0 radical (unpaired) electrons. The van der Waals surface area contributed by atoms with E-state index in [2.05, 4.69) is 47.6 Å². The van der Waals surface area contributed by atoms with Crippen LogP contribution in [-0.2, 0) is 13.0 Å². The predicted molar refractivity (Wildman–Crippen MR) is 79.9 cm³/mol. The number of nitrogens with zero attached hydrogens (tertiary/aromatic N) is 1. The van der Waals surface area contributed by atoms with Crippen LogP contribution in [0.25, 0.3) is 0 Å². The topological polar surface area (TPSA) is 34.1 Å². The van der Waals surface area contributed by atoms with E-state index in [4.69, 9.17) is 4.74 Å². The summed E-state index contributed by atoms with van der Waals surface area (Å²) >= 11 is 0. The third-order valence-corrected chi connectivity index (χ3v) is 3.75. The van der Waals surface area contributed by atoms with E-state index in [0.29, 0.717) is 6.04 Å². The molecule has 1 atom stereocenters. The molecule has 3 heteroatoms. The Morgan fingerprint density at radius 3 is 3.05 bits per heavy atom. The first kappa shape index (κ1) is 13.1. The van der Waals surface area contributed by atoms with E-state index in [1.54, 1.807) is 0 Å². The number of nitrogens with one attached hydrogen (secondary N) is 1. The SMILES string of the molecule is Cc1cccc(CNC(C)c2ccc3c(c2)CCO3)n1. The van der Waals surface area contributed by atoms with Crippen LogP contribution in [-0.4, -0.2) is 11.6 Å². The van der Waals surface area contributed by atoms with Crippen molar-refractivity contribution in [1.29, 1.82) is 0 Å². The summed E-state index contributed by atoms with van der Waals surface area (Å²) in [6.45, 7) is 5.81. The molecule has 0 spiro atoms. The van der Waals surface area contributed by atoms with Crippen molar-refractivity contribution in [3.05, 3.63) is 58.9 Å². The number of rotatable bonds is 4. The Bertz CT molecular complexity index is 610. The largest absolute Gasteiger partial charge is 0.493 e. The van der Waals surface area contributed by atoms with Crippen molar-refractivity contribution in [2.75, 3.05) is 6.61 Å². The second kappa shape index (κ2) is 5.63. The maximum atomic E-state index is 5.55. The monoisotopic (exact) mass is 268 g/mol. The van der Waals surface area contributed by atoms with Crippen molar-refractivity contribution >= 4 is 0 Å². The third kappa shape index (κ3) is 2.83. The van der Waals surface area contributed by atoms with Gasteiger partial charge in [-0.15, -0.1) is 0 Å². The van der Waals surface area contributed by atoms with Crippen molar-refractivity contribution < 1.29 is 4.74 Å². The molecule has 0 saturated carbocycles. The number of fused-ring (bicyclic) bond motifs is 1. The molecule has 1 aromatic heterocycles. The van der Waals surface area contributed by atoms with Gasteiger partial charge in [0, 0.05) is 24.7 Å². The molecular formula is C17H20N2O. The molecule has 104 valence electrons. The Balaban J connectivity index is 1.66. The molecule has 0 saturated heterocycles. The smallest absolute Gasteiger partial charge is 0.122 e. The minimum absolute atomic E-state index is 0.309. The Labute approximate surface area is 120 Å². The normalized spacial score (nSPS) is 14.7. The van der Waals surface area contributed by atoms with Crippen molar-refractivity contribution in [1.82, 2.24) is 10.3 Å². The van der Waals surface area contributed by atoms with Crippen LogP contribution in [0.15, 0.2) is 36.4 Å². The summed E-state index contributed by atoms with van der Waals surface area (Å²) in [5.74, 6) is 1.04. The van der Waals surface area contributed by atoms with E-state index in [9.17, 15) is 0 Å². The van der Waals surface area contributed by atoms with Gasteiger partial charge in [0.2, 0.25) is 0 Å². The van der Waals surface area contributed by atoms with E-state index in [1.807, 2.05) is 13.0 Å². The molecule has 1 aliphatic heterocycles. The van der Waals surface area contributed by atoms with Gasteiger partial charge in [0.1, 0.15) is 5.75 Å². The van der Waals surface area contributed by atoms with Gasteiger partial charge in [0.05, 0.1) is 12.3 Å². The van der Waals surface area contributed by atoms with Gasteiger partial charge in [-0.25, -0.2) is 0 Å². The van der Waals surface area contributed by atoms with E-state index >= 15 is 0 Å². The van der Waals surface area contributed by atoms with Crippen LogP contribution in [0.3, 0.4) is 0 Å². The molecule has 1 aliphatic rings. The van der Waals surface area contributed by atoms with Crippen LogP contribution in [0, 0.1) is 6.92 Å². The van der Waals surface area contributed by atoms with E-state index in [1.165, 1.54) is 11.1 Å². The molecule has 3 nitrogen and oxygen atoms in total. The predicted octanol–water partition coefficient (Wildman–Crippen LogP) is 3.18. The number of aryl methyl sites for hydroxylation is 1. The highest BCUT2D eigenvalue weighted by Crippen LogP contribution is 2.28. The van der Waals surface area contributed by atoms with Crippen molar-refractivity contribution in [3.63, 3.8) is 0 Å². The minimum Gasteiger partial charge on any atom is -0.493 e. The first-order chi connectivity index (χ1) is 9.72. The van der Waals surface area contributed by atoms with Crippen LogP contribution in [0.2, 0.25) is 0 Å². The summed E-state index contributed by atoms with van der Waals surface area (Å²) in [5.41, 5.74) is 4.78. The van der Waals surface area contributed by atoms with Gasteiger partial charge in [-0.3, -0.25) is 4.98 Å². The second-order valence-corrected chi connectivity index (χ2v) is 5.34. The molecule has 20 heavy (non-hydrogen) atoms. The Hall–Kier alpha value is -1.87. The Morgan fingerprint density at radius 2 is 2.20 bits per heavy atom. The lowest BCUT2D eigenvalue weighted by molar-refractivity contribution is 0.356. The molecule has 0 amide bonds. The highest BCUT2D eigenvalue weighted by molar-refractivity contribution is 5.40. The zero-order valence-electron chi connectivity index (χ0n) is 12.0. The zero-order valence-corrected chi connectivity index (χ0v) is 12.0. The summed E-state index contributed by atoms with van der Waals surface area (Å²) in [7, 11) is 0. The lowest BCUT2D eigenvalue weighted by atomic mass is 10.0. The molecular weight excluding hydrogens is 248 g/mol. The minimum atomic E-state index is 0.309. The van der Waals surface area contributed by atoms with Gasteiger partial charge in [-0.1, -0.05) is 18.2 Å². The van der Waals surface area contributed by atoms with Gasteiger partial charge in [-0.05, 0) is 43.2 Å². The Morgan fingerprint density at radius 1 is 1.30 bits per heavy atom. The van der Waals surface area contributed by atoms with Gasteiger partial charge in [0.25, 0.3) is 0 Å². The third-order valence-electron chi connectivity index (χ3n) is 3.75. The molecule has 3 rings (SSSR count). The molecule has 0 bridgehead atoms. The van der Waals surface area contributed by atoms with Gasteiger partial charge in [-0.2, -0.15) is 0 Å². The number of pyridine rings is 1. The van der Waals surface area contributed by atoms with Crippen LogP contribution in [0.1, 0.15) is 35.5 Å². The van der Waals surface area contributed by atoms with Crippen LogP contribution in [0.5, 0.6) is 5.75 Å². The highest BCUT2D eigenvalue weighted by atomic mass is 16.5. The molecule has 1 unspecified atom stereocenters. The van der Waals surface area contributed by atoms with Crippen LogP contribution < -0.4 is 10.1 Å². The van der Waals surface area contributed by atoms with Gasteiger partial charge in [0.15, 0.2) is 0 Å². The van der Waals surface area contributed by atoms with E-state index < -0.39 is 0 Å². The summed E-state index contributed by atoms with van der Waals surface area (Å²) in [6, 6.07) is 12.9. The van der Waals surface area contributed by atoms with Crippen LogP contribution in [0.4, 0.5) is 0 Å². The number of hydrogen-bond acceptors (Lipinski definition) is 3. The fraction of sp³-hybridized carbons (Fsp3) is 0.353. The Kier molecular flexibility index (Phi) is 3.70. The molecule has 2 aromatic rings. The molecule has 2 heterocycles. The van der Waals surface area contributed by atoms with Gasteiger partial charge >= 0.3 is 0 Å². The maximum Gasteiger partial charge on any atom is 0.122 e. The maximum absolute atomic E-state index is 5.55. The number of hydrogen-bond donors (Lipinski definition) is 1. The first-order valence-electron chi connectivity index (χ1n) is 7.14. The molecule has 1 N–H and O–H groups in total. The fourth-order valence-corrected chi connectivity index (χ4v) is 2.55. The van der Waals surface area contributed by atoms with Gasteiger partial charge < -0.3 is 10.1 Å². The highest BCUT2D eigenvalue weighted by Gasteiger charge is 2.14. The van der Waals surface area contributed by atoms with E-state index in [0.717, 1.165) is 36.7 Å². The summed E-state index contributed by atoms with van der Waals surface area (Å²) < 4.78 is 5.55. The van der Waals surface area contributed by atoms with Crippen molar-refractivity contribution in [2.45, 2.75) is 32.9 Å². The number of benzene rings is 1. The quantitative estimate of drug-likeness (QED) is 0.924. The first-order valence-corrected chi connectivity index (χ1v) is 7.14. The molecule has 0 aliphatic carbocycles. The lowest BCUT2D eigenvalue weighted by Gasteiger charge is -2.15. The molecule has 0 fully saturated rings. The average Bonchev–Trinajstić information content (AvgIpc) is 2.92. The van der Waals surface area contributed by atoms with Crippen LogP contribution >= 0.6 is 0 Å². The summed E-state index contributed by atoms with van der Waals surface area (Å²) in [6.07, 6.45) is 1.02. The number of ether oxygens (including phenoxy) is 1. The zero-order chi connectivity index (χ0) is 13.9. The lowest BCUT2D eigenvalue weighted by Crippen LogP contribution is -2.19. The average molecular weight is 268 g/mol. The number of aromatic nitrogens is 1. The molecule has 1 aromatic carbocycles. The van der Waals surface area contributed by atoms with Crippen molar-refractivity contribution in [3.8, 4) is 5.75 Å². The fourth-order valence-electron chi connectivity index (χ4n) is 2.55. The summed E-state index contributed by atoms with van der Waals surface area (Å²) in [5, 5.41) is 3.53. The second-order valence-electron chi connectivity index (χ2n) is 5.34.